The first-order chi connectivity index (χ1) is 15.0. The van der Waals surface area contributed by atoms with Crippen LogP contribution in [0.4, 0.5) is 8.78 Å². The Hall–Kier alpha value is -4.12. The second kappa shape index (κ2) is 6.99. The van der Waals surface area contributed by atoms with E-state index in [0.29, 0.717) is 22.3 Å². The van der Waals surface area contributed by atoms with Crippen LogP contribution in [0.3, 0.4) is 0 Å². The largest absolute Gasteiger partial charge is 0.507 e. The third-order valence-corrected chi connectivity index (χ3v) is 5.48. The molecular formula is C26H14F2O3. The number of carbonyl (C=O) groups excluding carboxylic acids is 2. The minimum atomic E-state index is -0.494. The molecule has 0 aliphatic heterocycles. The number of rotatable bonds is 2. The lowest BCUT2D eigenvalue weighted by Gasteiger charge is -2.24. The van der Waals surface area contributed by atoms with E-state index in [9.17, 15) is 23.5 Å². The van der Waals surface area contributed by atoms with Crippen LogP contribution in [0.1, 0.15) is 31.8 Å². The molecule has 4 aromatic rings. The molecule has 1 aliphatic carbocycles. The lowest BCUT2D eigenvalue weighted by Crippen LogP contribution is -2.23. The lowest BCUT2D eigenvalue weighted by molar-refractivity contribution is 0.0977. The third kappa shape index (κ3) is 2.94. The maximum Gasteiger partial charge on any atom is 0.198 e. The van der Waals surface area contributed by atoms with Gasteiger partial charge in [-0.2, -0.15) is 0 Å². The number of fused-ring (bicyclic) bond motifs is 2. The van der Waals surface area contributed by atoms with Gasteiger partial charge in [-0.1, -0.05) is 48.5 Å². The Morgan fingerprint density at radius 3 is 1.52 bits per heavy atom. The van der Waals surface area contributed by atoms with Crippen LogP contribution in [0, 0.1) is 11.6 Å². The second-order valence-electron chi connectivity index (χ2n) is 7.28. The molecule has 31 heavy (non-hydrogen) atoms. The standard InChI is InChI=1S/C26H14F2O3/c27-16-8-4-14(5-9-16)18-12-13-19(15-6-10-17(28)11-7-15)24-23(18)25(30)20-2-1-3-21(29)22(20)26(24)31/h1-13,29H. The number of hydrogen-bond acceptors (Lipinski definition) is 3. The van der Waals surface area contributed by atoms with Gasteiger partial charge in [0.05, 0.1) is 5.56 Å². The fourth-order valence-corrected chi connectivity index (χ4v) is 4.04. The van der Waals surface area contributed by atoms with Gasteiger partial charge in [0.15, 0.2) is 11.6 Å². The van der Waals surface area contributed by atoms with Crippen LogP contribution in [0.25, 0.3) is 22.3 Å². The summed E-state index contributed by atoms with van der Waals surface area (Å²) in [7, 11) is 0. The van der Waals surface area contributed by atoms with Gasteiger partial charge in [-0.05, 0) is 52.6 Å². The molecule has 3 nitrogen and oxygen atoms in total. The van der Waals surface area contributed by atoms with Crippen molar-refractivity contribution in [2.45, 2.75) is 0 Å². The molecule has 0 heterocycles. The summed E-state index contributed by atoms with van der Waals surface area (Å²) in [5.41, 5.74) is 2.43. The molecule has 0 saturated carbocycles. The molecular weight excluding hydrogens is 398 g/mol. The first-order valence-corrected chi connectivity index (χ1v) is 9.56. The molecule has 5 heteroatoms. The fourth-order valence-electron chi connectivity index (χ4n) is 4.04. The lowest BCUT2D eigenvalue weighted by atomic mass is 9.77. The zero-order chi connectivity index (χ0) is 21.7. The average molecular weight is 412 g/mol. The van der Waals surface area contributed by atoms with E-state index in [2.05, 4.69) is 0 Å². The first kappa shape index (κ1) is 18.9. The number of phenols is 1. The van der Waals surface area contributed by atoms with Crippen molar-refractivity contribution < 1.29 is 23.5 Å². The van der Waals surface area contributed by atoms with E-state index >= 15 is 0 Å². The highest BCUT2D eigenvalue weighted by Crippen LogP contribution is 2.41. The number of halogens is 2. The minimum Gasteiger partial charge on any atom is -0.507 e. The van der Waals surface area contributed by atoms with E-state index in [-0.39, 0.29) is 28.0 Å². The average Bonchev–Trinajstić information content (AvgIpc) is 2.77. The monoisotopic (exact) mass is 412 g/mol. The van der Waals surface area contributed by atoms with Crippen molar-refractivity contribution in [1.82, 2.24) is 0 Å². The van der Waals surface area contributed by atoms with Crippen molar-refractivity contribution >= 4 is 11.6 Å². The Labute approximate surface area is 176 Å². The summed E-state index contributed by atoms with van der Waals surface area (Å²) >= 11 is 0. The van der Waals surface area contributed by atoms with Gasteiger partial charge in [0, 0.05) is 16.7 Å². The summed E-state index contributed by atoms with van der Waals surface area (Å²) in [5.74, 6) is -2.03. The van der Waals surface area contributed by atoms with Crippen LogP contribution in [0.5, 0.6) is 5.75 Å². The van der Waals surface area contributed by atoms with Crippen LogP contribution < -0.4 is 0 Å². The summed E-state index contributed by atoms with van der Waals surface area (Å²) in [6.07, 6.45) is 0. The van der Waals surface area contributed by atoms with Gasteiger partial charge in [0.25, 0.3) is 0 Å². The molecule has 0 amide bonds. The molecule has 0 spiro atoms. The van der Waals surface area contributed by atoms with E-state index in [1.807, 2.05) is 0 Å². The fraction of sp³-hybridized carbons (Fsp3) is 0. The maximum absolute atomic E-state index is 13.5. The Kier molecular flexibility index (Phi) is 4.26. The third-order valence-electron chi connectivity index (χ3n) is 5.48. The normalized spacial score (nSPS) is 12.5. The molecule has 0 bridgehead atoms. The van der Waals surface area contributed by atoms with Gasteiger partial charge in [0.2, 0.25) is 0 Å². The van der Waals surface area contributed by atoms with E-state index in [1.165, 1.54) is 66.7 Å². The van der Waals surface area contributed by atoms with Crippen molar-refractivity contribution in [1.29, 1.82) is 0 Å². The molecule has 1 N–H and O–H groups in total. The quantitative estimate of drug-likeness (QED) is 0.400. The Balaban J connectivity index is 1.85. The molecule has 1 aliphatic rings. The highest BCUT2D eigenvalue weighted by molar-refractivity contribution is 6.33. The highest BCUT2D eigenvalue weighted by Gasteiger charge is 2.36. The second-order valence-corrected chi connectivity index (χ2v) is 7.28. The van der Waals surface area contributed by atoms with Crippen LogP contribution in [-0.2, 0) is 0 Å². The van der Waals surface area contributed by atoms with Crippen LogP contribution in [0.15, 0.2) is 78.9 Å². The van der Waals surface area contributed by atoms with Gasteiger partial charge in [0.1, 0.15) is 17.4 Å². The van der Waals surface area contributed by atoms with Crippen molar-refractivity contribution in [3.8, 4) is 28.0 Å². The van der Waals surface area contributed by atoms with Crippen molar-refractivity contribution in [3.05, 3.63) is 113 Å². The summed E-state index contributed by atoms with van der Waals surface area (Å²) < 4.78 is 26.9. The maximum atomic E-state index is 13.5. The van der Waals surface area contributed by atoms with Crippen molar-refractivity contribution in [2.24, 2.45) is 0 Å². The van der Waals surface area contributed by atoms with Crippen LogP contribution >= 0.6 is 0 Å². The topological polar surface area (TPSA) is 54.4 Å². The number of phenolic OH excluding ortho intramolecular Hbond substituents is 1. The van der Waals surface area contributed by atoms with Gasteiger partial charge in [-0.3, -0.25) is 9.59 Å². The van der Waals surface area contributed by atoms with E-state index < -0.39 is 23.2 Å². The predicted octanol–water partition coefficient (Wildman–Crippen LogP) is 5.78. The smallest absolute Gasteiger partial charge is 0.198 e. The summed E-state index contributed by atoms with van der Waals surface area (Å²) in [6, 6.07) is 19.0. The van der Waals surface area contributed by atoms with E-state index in [0.717, 1.165) is 0 Å². The van der Waals surface area contributed by atoms with Gasteiger partial charge >= 0.3 is 0 Å². The molecule has 4 aromatic carbocycles. The molecule has 0 radical (unpaired) electrons. The number of carbonyl (C=O) groups is 2. The van der Waals surface area contributed by atoms with Crippen LogP contribution in [-0.4, -0.2) is 16.7 Å². The molecule has 0 saturated heterocycles. The van der Waals surface area contributed by atoms with Crippen LogP contribution in [0.2, 0.25) is 0 Å². The van der Waals surface area contributed by atoms with Gasteiger partial charge in [-0.25, -0.2) is 8.78 Å². The Morgan fingerprint density at radius 1 is 0.516 bits per heavy atom. The SMILES string of the molecule is O=C1c2cccc(O)c2C(=O)c2c(-c3ccc(F)cc3)ccc(-c3ccc(F)cc3)c21. The van der Waals surface area contributed by atoms with Gasteiger partial charge < -0.3 is 5.11 Å². The summed E-state index contributed by atoms with van der Waals surface area (Å²) in [4.78, 5) is 27.0. The first-order valence-electron chi connectivity index (χ1n) is 9.56. The summed E-state index contributed by atoms with van der Waals surface area (Å²) in [5, 5.41) is 10.3. The molecule has 150 valence electrons. The molecule has 5 rings (SSSR count). The number of ketones is 2. The minimum absolute atomic E-state index is 0.0559. The number of benzene rings is 4. The Morgan fingerprint density at radius 2 is 1.00 bits per heavy atom. The molecule has 0 atom stereocenters. The number of aromatic hydroxyl groups is 1. The van der Waals surface area contributed by atoms with E-state index in [4.69, 9.17) is 0 Å². The highest BCUT2D eigenvalue weighted by atomic mass is 19.1. The van der Waals surface area contributed by atoms with Crippen molar-refractivity contribution in [3.63, 3.8) is 0 Å². The number of hydrogen-bond donors (Lipinski definition) is 1. The zero-order valence-electron chi connectivity index (χ0n) is 16.0. The Bertz CT molecular complexity index is 1370. The predicted molar refractivity (Wildman–Crippen MR) is 112 cm³/mol. The summed E-state index contributed by atoms with van der Waals surface area (Å²) in [6.45, 7) is 0. The van der Waals surface area contributed by atoms with Gasteiger partial charge in [-0.15, -0.1) is 0 Å². The van der Waals surface area contributed by atoms with E-state index in [1.54, 1.807) is 12.1 Å². The zero-order valence-corrected chi connectivity index (χ0v) is 16.0. The van der Waals surface area contributed by atoms with Crippen molar-refractivity contribution in [2.75, 3.05) is 0 Å². The molecule has 0 fully saturated rings. The molecule has 0 aromatic heterocycles. The molecule has 0 unspecified atom stereocenters.